The van der Waals surface area contributed by atoms with E-state index in [4.69, 9.17) is 4.74 Å². The molecule has 0 radical (unpaired) electrons. The lowest BCUT2D eigenvalue weighted by molar-refractivity contribution is 0.340. The molecule has 0 spiro atoms. The SMILES string of the molecule is CCOc1ccc(NC(C)c2ccccc2C)cc1. The van der Waals surface area contributed by atoms with Gasteiger partial charge in [0.25, 0.3) is 0 Å². The summed E-state index contributed by atoms with van der Waals surface area (Å²) in [6.07, 6.45) is 0. The Bertz CT molecular complexity index is 519. The van der Waals surface area contributed by atoms with Gasteiger partial charge in [-0.1, -0.05) is 24.3 Å². The van der Waals surface area contributed by atoms with Gasteiger partial charge in [0, 0.05) is 11.7 Å². The van der Waals surface area contributed by atoms with Crippen molar-refractivity contribution in [2.24, 2.45) is 0 Å². The molecule has 0 aliphatic carbocycles. The first kappa shape index (κ1) is 13.5. The van der Waals surface area contributed by atoms with E-state index >= 15 is 0 Å². The first-order valence-electron chi connectivity index (χ1n) is 6.75. The zero-order valence-corrected chi connectivity index (χ0v) is 11.8. The van der Waals surface area contributed by atoms with E-state index in [1.807, 2.05) is 19.1 Å². The van der Waals surface area contributed by atoms with E-state index in [1.165, 1.54) is 11.1 Å². The molecule has 2 heteroatoms. The predicted molar refractivity (Wildman–Crippen MR) is 80.8 cm³/mol. The first-order valence-corrected chi connectivity index (χ1v) is 6.75. The van der Waals surface area contributed by atoms with Crippen molar-refractivity contribution in [3.8, 4) is 5.75 Å². The second kappa shape index (κ2) is 6.28. The van der Waals surface area contributed by atoms with Crippen LogP contribution >= 0.6 is 0 Å². The average molecular weight is 255 g/mol. The normalized spacial score (nSPS) is 11.9. The minimum absolute atomic E-state index is 0.291. The van der Waals surface area contributed by atoms with Gasteiger partial charge in [0.15, 0.2) is 0 Å². The molecule has 0 aromatic heterocycles. The first-order chi connectivity index (χ1) is 9.20. The number of hydrogen-bond donors (Lipinski definition) is 1. The van der Waals surface area contributed by atoms with Crippen LogP contribution in [0, 0.1) is 6.92 Å². The van der Waals surface area contributed by atoms with Gasteiger partial charge >= 0.3 is 0 Å². The summed E-state index contributed by atoms with van der Waals surface area (Å²) in [7, 11) is 0. The number of aryl methyl sites for hydroxylation is 1. The molecule has 0 fully saturated rings. The zero-order chi connectivity index (χ0) is 13.7. The van der Waals surface area contributed by atoms with Crippen LogP contribution in [-0.4, -0.2) is 6.61 Å². The fourth-order valence-corrected chi connectivity index (χ4v) is 2.21. The van der Waals surface area contributed by atoms with E-state index in [2.05, 4.69) is 55.6 Å². The molecule has 1 unspecified atom stereocenters. The molecule has 0 heterocycles. The smallest absolute Gasteiger partial charge is 0.119 e. The maximum Gasteiger partial charge on any atom is 0.119 e. The lowest BCUT2D eigenvalue weighted by atomic mass is 10.0. The molecular formula is C17H21NO. The monoisotopic (exact) mass is 255 g/mol. The van der Waals surface area contributed by atoms with Crippen LogP contribution in [0.4, 0.5) is 5.69 Å². The summed E-state index contributed by atoms with van der Waals surface area (Å²) in [5.41, 5.74) is 3.75. The van der Waals surface area contributed by atoms with Crippen molar-refractivity contribution in [1.29, 1.82) is 0 Å². The second-order valence-corrected chi connectivity index (χ2v) is 4.68. The van der Waals surface area contributed by atoms with Crippen LogP contribution in [0.5, 0.6) is 5.75 Å². The molecule has 0 saturated heterocycles. The Hall–Kier alpha value is -1.96. The minimum atomic E-state index is 0.291. The number of nitrogens with one attached hydrogen (secondary N) is 1. The molecule has 0 amide bonds. The summed E-state index contributed by atoms with van der Waals surface area (Å²) >= 11 is 0. The Morgan fingerprint density at radius 1 is 1.05 bits per heavy atom. The van der Waals surface area contributed by atoms with E-state index in [9.17, 15) is 0 Å². The Balaban J connectivity index is 2.06. The molecular weight excluding hydrogens is 234 g/mol. The fourth-order valence-electron chi connectivity index (χ4n) is 2.21. The highest BCUT2D eigenvalue weighted by Crippen LogP contribution is 2.23. The van der Waals surface area contributed by atoms with Crippen LogP contribution in [0.2, 0.25) is 0 Å². The number of rotatable bonds is 5. The van der Waals surface area contributed by atoms with Crippen molar-refractivity contribution in [3.05, 3.63) is 59.7 Å². The van der Waals surface area contributed by atoms with Crippen LogP contribution < -0.4 is 10.1 Å². The molecule has 19 heavy (non-hydrogen) atoms. The Morgan fingerprint density at radius 2 is 1.74 bits per heavy atom. The van der Waals surface area contributed by atoms with Gasteiger partial charge in [-0.3, -0.25) is 0 Å². The Labute approximate surface area is 115 Å². The van der Waals surface area contributed by atoms with Crippen LogP contribution in [0.25, 0.3) is 0 Å². The van der Waals surface area contributed by atoms with Gasteiger partial charge in [-0.2, -0.15) is 0 Å². The summed E-state index contributed by atoms with van der Waals surface area (Å²) < 4.78 is 5.44. The number of hydrogen-bond acceptors (Lipinski definition) is 2. The molecule has 1 atom stereocenters. The molecule has 1 N–H and O–H groups in total. The van der Waals surface area contributed by atoms with Gasteiger partial charge < -0.3 is 10.1 Å². The van der Waals surface area contributed by atoms with Crippen molar-refractivity contribution in [1.82, 2.24) is 0 Å². The third kappa shape index (κ3) is 3.50. The number of ether oxygens (including phenoxy) is 1. The molecule has 100 valence electrons. The van der Waals surface area contributed by atoms with Crippen molar-refractivity contribution in [2.75, 3.05) is 11.9 Å². The van der Waals surface area contributed by atoms with E-state index in [0.717, 1.165) is 11.4 Å². The van der Waals surface area contributed by atoms with Gasteiger partial charge in [-0.15, -0.1) is 0 Å². The highest BCUT2D eigenvalue weighted by Gasteiger charge is 2.07. The third-order valence-electron chi connectivity index (χ3n) is 3.20. The Morgan fingerprint density at radius 3 is 2.37 bits per heavy atom. The maximum absolute atomic E-state index is 5.44. The topological polar surface area (TPSA) is 21.3 Å². The van der Waals surface area contributed by atoms with Gasteiger partial charge in [0.05, 0.1) is 6.61 Å². The summed E-state index contributed by atoms with van der Waals surface area (Å²) in [6.45, 7) is 7.02. The summed E-state index contributed by atoms with van der Waals surface area (Å²) in [4.78, 5) is 0. The standard InChI is InChI=1S/C17H21NO/c1-4-19-16-11-9-15(10-12-16)18-14(3)17-8-6-5-7-13(17)2/h5-12,14,18H,4H2,1-3H3. The predicted octanol–water partition coefficient (Wildman–Crippen LogP) is 4.57. The molecule has 0 aliphatic rings. The van der Waals surface area contributed by atoms with Gasteiger partial charge in [-0.25, -0.2) is 0 Å². The second-order valence-electron chi connectivity index (χ2n) is 4.68. The number of anilines is 1. The molecule has 2 aromatic carbocycles. The van der Waals surface area contributed by atoms with Crippen LogP contribution in [0.3, 0.4) is 0 Å². The van der Waals surface area contributed by atoms with E-state index in [1.54, 1.807) is 0 Å². The highest BCUT2D eigenvalue weighted by atomic mass is 16.5. The summed E-state index contributed by atoms with van der Waals surface area (Å²) in [5.74, 6) is 0.914. The van der Waals surface area contributed by atoms with Crippen LogP contribution in [0.1, 0.15) is 31.0 Å². The van der Waals surface area contributed by atoms with Crippen molar-refractivity contribution >= 4 is 5.69 Å². The maximum atomic E-state index is 5.44. The lowest BCUT2D eigenvalue weighted by Crippen LogP contribution is -2.07. The van der Waals surface area contributed by atoms with Crippen LogP contribution in [0.15, 0.2) is 48.5 Å². The van der Waals surface area contributed by atoms with Gasteiger partial charge in [-0.05, 0) is 56.2 Å². The summed E-state index contributed by atoms with van der Waals surface area (Å²) in [5, 5.41) is 3.51. The van der Waals surface area contributed by atoms with E-state index in [0.29, 0.717) is 12.6 Å². The highest BCUT2D eigenvalue weighted by molar-refractivity contribution is 5.48. The lowest BCUT2D eigenvalue weighted by Gasteiger charge is -2.18. The quantitative estimate of drug-likeness (QED) is 0.845. The van der Waals surface area contributed by atoms with E-state index < -0.39 is 0 Å². The van der Waals surface area contributed by atoms with Gasteiger partial charge in [0.1, 0.15) is 5.75 Å². The van der Waals surface area contributed by atoms with Crippen molar-refractivity contribution in [2.45, 2.75) is 26.8 Å². The molecule has 2 nitrogen and oxygen atoms in total. The van der Waals surface area contributed by atoms with Crippen LogP contribution in [-0.2, 0) is 0 Å². The molecule has 2 aromatic rings. The molecule has 0 bridgehead atoms. The van der Waals surface area contributed by atoms with Gasteiger partial charge in [0.2, 0.25) is 0 Å². The van der Waals surface area contributed by atoms with E-state index in [-0.39, 0.29) is 0 Å². The van der Waals surface area contributed by atoms with Crippen molar-refractivity contribution in [3.63, 3.8) is 0 Å². The zero-order valence-electron chi connectivity index (χ0n) is 11.8. The van der Waals surface area contributed by atoms with Crippen molar-refractivity contribution < 1.29 is 4.74 Å². The molecule has 2 rings (SSSR count). The minimum Gasteiger partial charge on any atom is -0.494 e. The average Bonchev–Trinajstić information content (AvgIpc) is 2.42. The summed E-state index contributed by atoms with van der Waals surface area (Å²) in [6, 6.07) is 16.9. The third-order valence-corrected chi connectivity index (χ3v) is 3.20. The Kier molecular flexibility index (Phi) is 4.45. The molecule has 0 saturated carbocycles. The fraction of sp³-hybridized carbons (Fsp3) is 0.294. The largest absolute Gasteiger partial charge is 0.494 e. The number of benzene rings is 2. The molecule has 0 aliphatic heterocycles.